The Bertz CT molecular complexity index is 3940. The second kappa shape index (κ2) is 17.1. The molecule has 1 N–H and O–H groups in total. The molecular weight excluding hydrogens is 1040 g/mol. The van der Waals surface area contributed by atoms with Crippen LogP contribution in [0.3, 0.4) is 0 Å². The summed E-state index contributed by atoms with van der Waals surface area (Å²) >= 11 is 0. The molecule has 0 saturated carbocycles. The topological polar surface area (TPSA) is 77.2 Å². The molecule has 0 unspecified atom stereocenters. The first-order valence-electron chi connectivity index (χ1n) is 25.1. The van der Waals surface area contributed by atoms with Gasteiger partial charge in [0, 0.05) is 69.3 Å². The monoisotopic (exact) mass is 1100 g/mol. The van der Waals surface area contributed by atoms with Crippen molar-refractivity contribution in [3.05, 3.63) is 180 Å². The summed E-state index contributed by atoms with van der Waals surface area (Å²) in [6, 6.07) is 52.5. The van der Waals surface area contributed by atoms with E-state index in [-0.39, 0.29) is 54.4 Å². The molecular formula is C63H56N3O3Pt-. The standard InChI is InChI=1S/C63H56N3O3.Pt/c1-37-47-35-51(64-36-56(47)69-59(37)39-27-28-55-48(32-39)46-22-15-17-26-54(46)68-55)41-29-40(30-42(31-41)61(2,3)4)45-23-18-25-53-57(45)65-60(49-33-43(62(5,6)7)34-50(58(49)67)63(8,9)10)66(53)52-24-16-14-21-44(52)38-19-12-11-13-20-38;/h11-28,30-36,67H,1-10H3;/q-1;/i1D3;. The third-order valence-corrected chi connectivity index (χ3v) is 13.5. The number of hydrogen-bond donors (Lipinski definition) is 1. The maximum atomic E-state index is 12.5. The molecule has 0 amide bonds. The predicted molar refractivity (Wildman–Crippen MR) is 284 cm³/mol. The Balaban J connectivity index is 0.00000611. The van der Waals surface area contributed by atoms with Crippen molar-refractivity contribution in [1.29, 1.82) is 0 Å². The summed E-state index contributed by atoms with van der Waals surface area (Å²) < 4.78 is 41.3. The van der Waals surface area contributed by atoms with E-state index in [0.717, 1.165) is 72.0 Å². The molecule has 352 valence electrons. The predicted octanol–water partition coefficient (Wildman–Crippen LogP) is 17.1. The largest absolute Gasteiger partial charge is 0.507 e. The number of aryl methyl sites for hydroxylation is 1. The molecule has 0 aliphatic rings. The fourth-order valence-corrected chi connectivity index (χ4v) is 9.59. The first-order chi connectivity index (χ1) is 34.1. The minimum absolute atomic E-state index is 0. The van der Waals surface area contributed by atoms with Gasteiger partial charge >= 0.3 is 0 Å². The van der Waals surface area contributed by atoms with Crippen LogP contribution < -0.4 is 0 Å². The van der Waals surface area contributed by atoms with Gasteiger partial charge in [0.05, 0.1) is 28.5 Å². The molecule has 0 fully saturated rings. The van der Waals surface area contributed by atoms with Gasteiger partial charge in [-0.1, -0.05) is 164 Å². The van der Waals surface area contributed by atoms with E-state index in [1.165, 1.54) is 0 Å². The second-order valence-corrected chi connectivity index (χ2v) is 21.4. The van der Waals surface area contributed by atoms with Crippen LogP contribution in [0.4, 0.5) is 0 Å². The third-order valence-electron chi connectivity index (χ3n) is 13.5. The summed E-state index contributed by atoms with van der Waals surface area (Å²) in [5.74, 6) is 1.08. The molecule has 7 heteroatoms. The zero-order chi connectivity index (χ0) is 50.6. The number of rotatable bonds is 6. The minimum atomic E-state index is -2.52. The number of phenols is 1. The molecule has 0 bridgehead atoms. The summed E-state index contributed by atoms with van der Waals surface area (Å²) in [6.07, 6.45) is 1.62. The Kier molecular flexibility index (Phi) is 10.5. The van der Waals surface area contributed by atoms with Crippen molar-refractivity contribution in [1.82, 2.24) is 14.5 Å². The van der Waals surface area contributed by atoms with Crippen LogP contribution in [-0.4, -0.2) is 19.6 Å². The quantitative estimate of drug-likeness (QED) is 0.168. The first kappa shape index (κ1) is 43.0. The smallest absolute Gasteiger partial charge is 0.151 e. The number of pyridine rings is 1. The summed E-state index contributed by atoms with van der Waals surface area (Å²) in [5.41, 5.74) is 12.8. The number of phenolic OH excluding ortho intramolecular Hbond substituents is 1. The number of para-hydroxylation sites is 3. The van der Waals surface area contributed by atoms with Gasteiger partial charge in [0.2, 0.25) is 0 Å². The van der Waals surface area contributed by atoms with E-state index in [1.54, 1.807) is 6.20 Å². The van der Waals surface area contributed by atoms with Crippen LogP contribution in [0.5, 0.6) is 5.75 Å². The maximum Gasteiger partial charge on any atom is 0.151 e. The van der Waals surface area contributed by atoms with Crippen molar-refractivity contribution in [3.63, 3.8) is 0 Å². The van der Waals surface area contributed by atoms with Crippen LogP contribution in [0, 0.1) is 12.9 Å². The molecule has 11 aromatic rings. The molecule has 7 aromatic carbocycles. The van der Waals surface area contributed by atoms with Gasteiger partial charge < -0.3 is 13.9 Å². The molecule has 0 aliphatic carbocycles. The molecule has 0 spiro atoms. The van der Waals surface area contributed by atoms with E-state index in [4.69, 9.17) is 22.9 Å². The number of fused-ring (bicyclic) bond motifs is 5. The van der Waals surface area contributed by atoms with E-state index in [2.05, 4.69) is 146 Å². The second-order valence-electron chi connectivity index (χ2n) is 21.4. The van der Waals surface area contributed by atoms with E-state index in [9.17, 15) is 5.11 Å². The van der Waals surface area contributed by atoms with Gasteiger partial charge in [-0.15, -0.1) is 29.3 Å². The van der Waals surface area contributed by atoms with Crippen LogP contribution >= 0.6 is 0 Å². The molecule has 4 aromatic heterocycles. The summed E-state index contributed by atoms with van der Waals surface area (Å²) in [6.45, 7) is 17.0. The van der Waals surface area contributed by atoms with Crippen molar-refractivity contribution < 1.29 is 39.1 Å². The zero-order valence-electron chi connectivity index (χ0n) is 43.9. The average Bonchev–Trinajstić information content (AvgIpc) is 4.04. The van der Waals surface area contributed by atoms with E-state index >= 15 is 0 Å². The fraction of sp³-hybridized carbons (Fsp3) is 0.206. The van der Waals surface area contributed by atoms with Crippen molar-refractivity contribution in [2.75, 3.05) is 0 Å². The normalized spacial score (nSPS) is 13.2. The molecule has 4 heterocycles. The molecule has 0 saturated heterocycles. The van der Waals surface area contributed by atoms with Gasteiger partial charge in [-0.3, -0.25) is 9.55 Å². The Hall–Kier alpha value is -7.01. The van der Waals surface area contributed by atoms with Crippen LogP contribution in [0.1, 0.15) is 88.7 Å². The van der Waals surface area contributed by atoms with Gasteiger partial charge in [-0.05, 0) is 76.7 Å². The van der Waals surface area contributed by atoms with Gasteiger partial charge in [-0.2, -0.15) is 0 Å². The van der Waals surface area contributed by atoms with Crippen LogP contribution in [-0.2, 0) is 37.3 Å². The Morgan fingerprint density at radius 3 is 2.01 bits per heavy atom. The third kappa shape index (κ3) is 8.06. The number of aromatic hydroxyl groups is 1. The number of benzene rings is 7. The number of hydrogen-bond acceptors (Lipinski definition) is 5. The van der Waals surface area contributed by atoms with E-state index in [0.29, 0.717) is 44.8 Å². The molecule has 0 aliphatic heterocycles. The molecule has 0 atom stereocenters. The van der Waals surface area contributed by atoms with Crippen LogP contribution in [0.15, 0.2) is 161 Å². The maximum absolute atomic E-state index is 12.5. The Morgan fingerprint density at radius 1 is 0.571 bits per heavy atom. The molecule has 6 nitrogen and oxygen atoms in total. The SMILES string of the molecule is [2H]C([2H])([2H])c1c(-c2ccc3oc4ccccc4c3c2)oc2cnc(-c3[c-]c(-c4cccc5c4nc(-c4cc(C(C)(C)C)cc(C(C)(C)C)c4O)n5-c4ccccc4-c4ccccc4)cc(C(C)(C)C)c3)cc12.[Pt]. The first-order valence-corrected chi connectivity index (χ1v) is 23.6. The summed E-state index contributed by atoms with van der Waals surface area (Å²) in [7, 11) is 0. The summed E-state index contributed by atoms with van der Waals surface area (Å²) in [5, 5.41) is 14.8. The van der Waals surface area contributed by atoms with E-state index < -0.39 is 6.85 Å². The number of nitrogens with zero attached hydrogens (tertiary/aromatic N) is 3. The van der Waals surface area contributed by atoms with Gasteiger partial charge in [0.1, 0.15) is 28.5 Å². The van der Waals surface area contributed by atoms with Gasteiger partial charge in [0.25, 0.3) is 0 Å². The van der Waals surface area contributed by atoms with E-state index in [1.807, 2.05) is 72.8 Å². The van der Waals surface area contributed by atoms with Crippen LogP contribution in [0.25, 0.3) is 106 Å². The molecule has 70 heavy (non-hydrogen) atoms. The molecule has 0 radical (unpaired) electrons. The Labute approximate surface area is 428 Å². The van der Waals surface area contributed by atoms with Crippen molar-refractivity contribution >= 4 is 43.9 Å². The number of imidazole rings is 1. The van der Waals surface area contributed by atoms with Crippen molar-refractivity contribution in [2.24, 2.45) is 0 Å². The summed E-state index contributed by atoms with van der Waals surface area (Å²) in [4.78, 5) is 10.5. The van der Waals surface area contributed by atoms with Crippen LogP contribution in [0.2, 0.25) is 0 Å². The molecule has 11 rings (SSSR count). The Morgan fingerprint density at radius 2 is 1.26 bits per heavy atom. The van der Waals surface area contributed by atoms with Crippen molar-refractivity contribution in [3.8, 4) is 67.7 Å². The average molecular weight is 1100 g/mol. The number of aromatic nitrogens is 3. The fourth-order valence-electron chi connectivity index (χ4n) is 9.59. The van der Waals surface area contributed by atoms with Gasteiger partial charge in [0.15, 0.2) is 5.58 Å². The number of furan rings is 2. The minimum Gasteiger partial charge on any atom is -0.507 e. The zero-order valence-corrected chi connectivity index (χ0v) is 43.1. The van der Waals surface area contributed by atoms with Gasteiger partial charge in [-0.25, -0.2) is 4.98 Å². The van der Waals surface area contributed by atoms with Crippen molar-refractivity contribution in [2.45, 2.75) is 85.4 Å².